The number of hydrogen-bond acceptors (Lipinski definition) is 7. The summed E-state index contributed by atoms with van der Waals surface area (Å²) in [5.74, 6) is -0.556. The normalized spacial score (nSPS) is 29.4. The third kappa shape index (κ3) is 2.79. The highest BCUT2D eigenvalue weighted by atomic mass is 16.6. The van der Waals surface area contributed by atoms with Crippen molar-refractivity contribution in [3.05, 3.63) is 33.1 Å². The highest BCUT2D eigenvalue weighted by Gasteiger charge is 2.44. The third-order valence-corrected chi connectivity index (χ3v) is 2.91. The minimum atomic E-state index is -1.39. The van der Waals surface area contributed by atoms with Crippen LogP contribution < -0.4 is 11.2 Å². The average molecular weight is 286 g/mol. The number of ether oxygens (including phenoxy) is 2. The van der Waals surface area contributed by atoms with E-state index in [4.69, 9.17) is 9.47 Å². The molecule has 1 aromatic heterocycles. The molecular weight excluding hydrogens is 272 g/mol. The van der Waals surface area contributed by atoms with Gasteiger partial charge in [-0.1, -0.05) is 0 Å². The van der Waals surface area contributed by atoms with Crippen molar-refractivity contribution in [1.29, 1.82) is 0 Å². The van der Waals surface area contributed by atoms with E-state index in [1.54, 1.807) is 0 Å². The molecule has 9 heteroatoms. The summed E-state index contributed by atoms with van der Waals surface area (Å²) in [5, 5.41) is 19.7. The SMILES string of the molecule is CC(=O)OC[C@@H]1O[C@H](n2ccc(=O)[nH]c2=O)[C@H](O)[C@@H]1O. The van der Waals surface area contributed by atoms with Crippen LogP contribution in [-0.2, 0) is 14.3 Å². The third-order valence-electron chi connectivity index (χ3n) is 2.91. The first-order chi connectivity index (χ1) is 9.40. The topological polar surface area (TPSA) is 131 Å². The summed E-state index contributed by atoms with van der Waals surface area (Å²) >= 11 is 0. The second-order valence-corrected chi connectivity index (χ2v) is 4.37. The molecule has 1 saturated heterocycles. The first kappa shape index (κ1) is 14.4. The number of aliphatic hydroxyl groups is 2. The molecule has 0 amide bonds. The minimum absolute atomic E-state index is 0.248. The summed E-state index contributed by atoms with van der Waals surface area (Å²) in [6, 6.07) is 1.09. The predicted molar refractivity (Wildman–Crippen MR) is 63.9 cm³/mol. The Bertz CT molecular complexity index is 607. The molecule has 1 aliphatic heterocycles. The molecule has 0 bridgehead atoms. The van der Waals surface area contributed by atoms with Gasteiger partial charge in [0.25, 0.3) is 5.56 Å². The Morgan fingerprint density at radius 2 is 2.15 bits per heavy atom. The summed E-state index contributed by atoms with van der Waals surface area (Å²) in [6.45, 7) is 0.948. The maximum absolute atomic E-state index is 11.6. The number of nitrogens with zero attached hydrogens (tertiary/aromatic N) is 1. The van der Waals surface area contributed by atoms with Crippen LogP contribution in [0.5, 0.6) is 0 Å². The number of aromatic amines is 1. The van der Waals surface area contributed by atoms with Gasteiger partial charge in [0.05, 0.1) is 0 Å². The monoisotopic (exact) mass is 286 g/mol. The van der Waals surface area contributed by atoms with Gasteiger partial charge in [-0.05, 0) is 0 Å². The van der Waals surface area contributed by atoms with Crippen LogP contribution in [0.25, 0.3) is 0 Å². The van der Waals surface area contributed by atoms with Gasteiger partial charge in [-0.25, -0.2) is 4.79 Å². The molecule has 110 valence electrons. The fourth-order valence-corrected chi connectivity index (χ4v) is 1.92. The highest BCUT2D eigenvalue weighted by molar-refractivity contribution is 5.65. The Kier molecular flexibility index (Phi) is 4.02. The van der Waals surface area contributed by atoms with Crippen LogP contribution in [0.15, 0.2) is 21.9 Å². The number of aromatic nitrogens is 2. The van der Waals surface area contributed by atoms with Crippen molar-refractivity contribution in [2.75, 3.05) is 6.61 Å². The van der Waals surface area contributed by atoms with Gasteiger partial charge in [-0.3, -0.25) is 19.1 Å². The van der Waals surface area contributed by atoms with Crippen LogP contribution >= 0.6 is 0 Å². The van der Waals surface area contributed by atoms with Gasteiger partial charge < -0.3 is 19.7 Å². The van der Waals surface area contributed by atoms with Gasteiger partial charge in [0.15, 0.2) is 6.23 Å². The molecule has 0 spiro atoms. The fourth-order valence-electron chi connectivity index (χ4n) is 1.92. The second kappa shape index (κ2) is 5.57. The van der Waals surface area contributed by atoms with Crippen molar-refractivity contribution in [2.45, 2.75) is 31.5 Å². The summed E-state index contributed by atoms with van der Waals surface area (Å²) in [6.07, 6.45) is -3.69. The van der Waals surface area contributed by atoms with Crippen LogP contribution in [0.1, 0.15) is 13.2 Å². The maximum atomic E-state index is 11.6. The number of nitrogens with one attached hydrogen (secondary N) is 1. The summed E-state index contributed by atoms with van der Waals surface area (Å²) in [4.78, 5) is 35.3. The summed E-state index contributed by atoms with van der Waals surface area (Å²) < 4.78 is 11.0. The zero-order valence-electron chi connectivity index (χ0n) is 10.6. The lowest BCUT2D eigenvalue weighted by Crippen LogP contribution is -2.37. The molecule has 2 heterocycles. The van der Waals surface area contributed by atoms with Crippen LogP contribution in [-0.4, -0.2) is 50.7 Å². The minimum Gasteiger partial charge on any atom is -0.463 e. The fraction of sp³-hybridized carbons (Fsp3) is 0.545. The number of H-pyrrole nitrogens is 1. The van der Waals surface area contributed by atoms with Crippen molar-refractivity contribution in [2.24, 2.45) is 0 Å². The Labute approximate surface area is 112 Å². The molecule has 0 aromatic carbocycles. The Morgan fingerprint density at radius 1 is 1.45 bits per heavy atom. The molecule has 1 aromatic rings. The highest BCUT2D eigenvalue weighted by Crippen LogP contribution is 2.28. The lowest BCUT2D eigenvalue weighted by Gasteiger charge is -2.16. The van der Waals surface area contributed by atoms with Gasteiger partial charge in [0.2, 0.25) is 0 Å². The quantitative estimate of drug-likeness (QED) is 0.533. The van der Waals surface area contributed by atoms with E-state index in [1.165, 1.54) is 6.92 Å². The van der Waals surface area contributed by atoms with E-state index in [1.807, 2.05) is 4.98 Å². The number of rotatable bonds is 3. The molecule has 2 rings (SSSR count). The van der Waals surface area contributed by atoms with Crippen LogP contribution in [0.4, 0.5) is 0 Å². The Hall–Kier alpha value is -1.97. The molecule has 0 radical (unpaired) electrons. The standard InChI is InChI=1S/C11H14N2O7/c1-5(14)19-4-6-8(16)9(17)10(20-6)13-3-2-7(15)12-11(13)18/h2-3,6,8-10,16-17H,4H2,1H3,(H,12,15,18)/t6-,8+,9+,10-/m0/s1. The molecule has 3 N–H and O–H groups in total. The Balaban J connectivity index is 2.19. The van der Waals surface area contributed by atoms with E-state index in [0.717, 1.165) is 16.8 Å². The van der Waals surface area contributed by atoms with Gasteiger partial charge in [0, 0.05) is 19.2 Å². The Morgan fingerprint density at radius 3 is 2.75 bits per heavy atom. The molecule has 1 aliphatic rings. The van der Waals surface area contributed by atoms with Gasteiger partial charge in [-0.2, -0.15) is 0 Å². The second-order valence-electron chi connectivity index (χ2n) is 4.37. The largest absolute Gasteiger partial charge is 0.463 e. The molecular formula is C11H14N2O7. The zero-order chi connectivity index (χ0) is 14.9. The number of esters is 1. The summed E-state index contributed by atoms with van der Waals surface area (Å²) in [5.41, 5.74) is -1.36. The first-order valence-corrected chi connectivity index (χ1v) is 5.86. The van der Waals surface area contributed by atoms with Gasteiger partial charge in [-0.15, -0.1) is 0 Å². The lowest BCUT2D eigenvalue weighted by molar-refractivity contribution is -0.147. The molecule has 0 saturated carbocycles. The number of carbonyl (C=O) groups is 1. The van der Waals surface area contributed by atoms with E-state index >= 15 is 0 Å². The van der Waals surface area contributed by atoms with Gasteiger partial charge in [0.1, 0.15) is 24.9 Å². The van der Waals surface area contributed by atoms with Crippen molar-refractivity contribution in [1.82, 2.24) is 9.55 Å². The zero-order valence-corrected chi connectivity index (χ0v) is 10.6. The molecule has 1 fully saturated rings. The van der Waals surface area contributed by atoms with Crippen molar-refractivity contribution in [3.63, 3.8) is 0 Å². The maximum Gasteiger partial charge on any atom is 0.330 e. The van der Waals surface area contributed by atoms with E-state index in [2.05, 4.69) is 0 Å². The van der Waals surface area contributed by atoms with E-state index in [-0.39, 0.29) is 6.61 Å². The first-order valence-electron chi connectivity index (χ1n) is 5.86. The van der Waals surface area contributed by atoms with E-state index in [0.29, 0.717) is 0 Å². The van der Waals surface area contributed by atoms with Crippen LogP contribution in [0.3, 0.4) is 0 Å². The molecule has 0 unspecified atom stereocenters. The van der Waals surface area contributed by atoms with Crippen molar-refractivity contribution < 1.29 is 24.5 Å². The number of hydrogen-bond donors (Lipinski definition) is 3. The molecule has 0 aliphatic carbocycles. The number of aliphatic hydroxyl groups excluding tert-OH is 2. The summed E-state index contributed by atoms with van der Waals surface area (Å²) in [7, 11) is 0. The number of carbonyl (C=O) groups excluding carboxylic acids is 1. The molecule has 20 heavy (non-hydrogen) atoms. The predicted octanol–water partition coefficient (Wildman–Crippen LogP) is -2.28. The average Bonchev–Trinajstić information content (AvgIpc) is 2.64. The van der Waals surface area contributed by atoms with Crippen LogP contribution in [0, 0.1) is 0 Å². The smallest absolute Gasteiger partial charge is 0.330 e. The van der Waals surface area contributed by atoms with Gasteiger partial charge >= 0.3 is 11.7 Å². The van der Waals surface area contributed by atoms with E-state index in [9.17, 15) is 24.6 Å². The van der Waals surface area contributed by atoms with Crippen LogP contribution in [0.2, 0.25) is 0 Å². The lowest BCUT2D eigenvalue weighted by atomic mass is 10.1. The molecule has 9 nitrogen and oxygen atoms in total. The molecule has 4 atom stereocenters. The van der Waals surface area contributed by atoms with E-state index < -0.39 is 41.8 Å². The van der Waals surface area contributed by atoms with Crippen molar-refractivity contribution >= 4 is 5.97 Å². The van der Waals surface area contributed by atoms with Crippen molar-refractivity contribution in [3.8, 4) is 0 Å².